The lowest BCUT2D eigenvalue weighted by molar-refractivity contribution is -0.115. The molecule has 0 heterocycles. The normalized spacial score (nSPS) is 10.2. The molecule has 0 radical (unpaired) electrons. The Hall–Kier alpha value is -3.11. The maximum atomic E-state index is 12.3. The van der Waals surface area contributed by atoms with E-state index in [0.29, 0.717) is 28.4 Å². The van der Waals surface area contributed by atoms with Crippen LogP contribution < -0.4 is 10.6 Å². The Morgan fingerprint density at radius 2 is 1.42 bits per heavy atom. The molecular weight excluding hydrogens is 348 g/mol. The number of anilines is 2. The largest absolute Gasteiger partial charge is 0.326 e. The molecule has 0 saturated heterocycles. The molecule has 3 aromatic rings. The highest BCUT2D eigenvalue weighted by Gasteiger charge is 2.09. The molecule has 5 heteroatoms. The van der Waals surface area contributed by atoms with Crippen molar-refractivity contribution >= 4 is 34.8 Å². The molecule has 0 saturated carbocycles. The first-order valence-electron chi connectivity index (χ1n) is 8.11. The molecule has 3 rings (SSSR count). The van der Waals surface area contributed by atoms with Crippen molar-refractivity contribution in [3.63, 3.8) is 0 Å². The molecule has 0 aromatic heterocycles. The molecule has 26 heavy (non-hydrogen) atoms. The van der Waals surface area contributed by atoms with Gasteiger partial charge in [0.25, 0.3) is 5.91 Å². The van der Waals surface area contributed by atoms with E-state index in [9.17, 15) is 9.59 Å². The maximum Gasteiger partial charge on any atom is 0.255 e. The molecule has 0 aliphatic rings. The van der Waals surface area contributed by atoms with Crippen LogP contribution in [0.1, 0.15) is 15.9 Å². The number of rotatable bonds is 5. The minimum absolute atomic E-state index is 0.107. The van der Waals surface area contributed by atoms with Crippen LogP contribution in [0.3, 0.4) is 0 Å². The summed E-state index contributed by atoms with van der Waals surface area (Å²) in [7, 11) is 0. The molecule has 2 amide bonds. The Bertz CT molecular complexity index is 909. The van der Waals surface area contributed by atoms with Gasteiger partial charge in [0.2, 0.25) is 5.91 Å². The van der Waals surface area contributed by atoms with Crippen LogP contribution in [0.15, 0.2) is 78.9 Å². The summed E-state index contributed by atoms with van der Waals surface area (Å²) in [5.41, 5.74) is 2.62. The molecule has 0 bridgehead atoms. The van der Waals surface area contributed by atoms with E-state index < -0.39 is 0 Å². The number of carbonyl (C=O) groups excluding carboxylic acids is 2. The fourth-order valence-electron chi connectivity index (χ4n) is 2.45. The van der Waals surface area contributed by atoms with Crippen molar-refractivity contribution in [3.05, 3.63) is 95.0 Å². The van der Waals surface area contributed by atoms with E-state index in [2.05, 4.69) is 10.6 Å². The summed E-state index contributed by atoms with van der Waals surface area (Å²) in [6.07, 6.45) is 0.301. The number of halogens is 1. The Morgan fingerprint density at radius 3 is 2.12 bits per heavy atom. The second-order valence-corrected chi connectivity index (χ2v) is 6.13. The summed E-state index contributed by atoms with van der Waals surface area (Å²) in [4.78, 5) is 24.4. The topological polar surface area (TPSA) is 58.2 Å². The summed E-state index contributed by atoms with van der Waals surface area (Å²) in [5, 5.41) is 6.06. The first kappa shape index (κ1) is 17.7. The van der Waals surface area contributed by atoms with E-state index in [0.717, 1.165) is 5.56 Å². The van der Waals surface area contributed by atoms with Gasteiger partial charge in [-0.15, -0.1) is 0 Å². The third kappa shape index (κ3) is 4.71. The quantitative estimate of drug-likeness (QED) is 0.684. The average molecular weight is 365 g/mol. The zero-order chi connectivity index (χ0) is 18.4. The van der Waals surface area contributed by atoms with Crippen molar-refractivity contribution in [2.75, 3.05) is 10.6 Å². The summed E-state index contributed by atoms with van der Waals surface area (Å²) in [6, 6.07) is 23.3. The van der Waals surface area contributed by atoms with E-state index in [1.807, 2.05) is 30.3 Å². The molecular formula is C21H17ClN2O2. The number of benzene rings is 3. The van der Waals surface area contributed by atoms with Gasteiger partial charge < -0.3 is 10.6 Å². The fraction of sp³-hybridized carbons (Fsp3) is 0.0476. The standard InChI is InChI=1S/C21H17ClN2O2/c22-18-8-4-5-9-19(18)24-21(26)16-10-12-17(13-11-16)23-20(25)14-15-6-2-1-3-7-15/h1-13H,14H2,(H,23,25)(H,24,26). The number of carbonyl (C=O) groups is 2. The predicted molar refractivity (Wildman–Crippen MR) is 105 cm³/mol. The average Bonchev–Trinajstić information content (AvgIpc) is 2.65. The van der Waals surface area contributed by atoms with Gasteiger partial charge >= 0.3 is 0 Å². The molecule has 0 unspecified atom stereocenters. The van der Waals surface area contributed by atoms with E-state index in [4.69, 9.17) is 11.6 Å². The van der Waals surface area contributed by atoms with E-state index in [1.54, 1.807) is 48.5 Å². The molecule has 0 atom stereocenters. The van der Waals surface area contributed by atoms with Crippen LogP contribution in [0.2, 0.25) is 5.02 Å². The molecule has 2 N–H and O–H groups in total. The van der Waals surface area contributed by atoms with E-state index in [-0.39, 0.29) is 11.8 Å². The molecule has 0 spiro atoms. The second kappa shape index (κ2) is 8.32. The van der Waals surface area contributed by atoms with Crippen LogP contribution >= 0.6 is 11.6 Å². The number of para-hydroxylation sites is 1. The highest BCUT2D eigenvalue weighted by atomic mass is 35.5. The SMILES string of the molecule is O=C(Cc1ccccc1)Nc1ccc(C(=O)Nc2ccccc2Cl)cc1. The van der Waals surface area contributed by atoms with Crippen LogP contribution in [-0.2, 0) is 11.2 Å². The van der Waals surface area contributed by atoms with Crippen molar-refractivity contribution in [1.29, 1.82) is 0 Å². The molecule has 0 aliphatic carbocycles. The minimum atomic E-state index is -0.264. The fourth-order valence-corrected chi connectivity index (χ4v) is 2.63. The second-order valence-electron chi connectivity index (χ2n) is 5.72. The number of hydrogen-bond donors (Lipinski definition) is 2. The lowest BCUT2D eigenvalue weighted by Crippen LogP contribution is -2.15. The maximum absolute atomic E-state index is 12.3. The molecule has 3 aromatic carbocycles. The Kier molecular flexibility index (Phi) is 5.66. The molecule has 0 fully saturated rings. The first-order chi connectivity index (χ1) is 12.6. The van der Waals surface area contributed by atoms with Gasteiger partial charge in [-0.2, -0.15) is 0 Å². The van der Waals surface area contributed by atoms with Crippen molar-refractivity contribution < 1.29 is 9.59 Å². The van der Waals surface area contributed by atoms with Crippen molar-refractivity contribution in [3.8, 4) is 0 Å². The number of hydrogen-bond acceptors (Lipinski definition) is 2. The van der Waals surface area contributed by atoms with Crippen LogP contribution in [0.25, 0.3) is 0 Å². The molecule has 0 aliphatic heterocycles. The summed E-state index contributed by atoms with van der Waals surface area (Å²) < 4.78 is 0. The third-order valence-electron chi connectivity index (χ3n) is 3.76. The number of nitrogens with one attached hydrogen (secondary N) is 2. The zero-order valence-corrected chi connectivity index (χ0v) is 14.7. The minimum Gasteiger partial charge on any atom is -0.326 e. The van der Waals surface area contributed by atoms with Crippen LogP contribution in [0, 0.1) is 0 Å². The van der Waals surface area contributed by atoms with Crippen molar-refractivity contribution in [1.82, 2.24) is 0 Å². The van der Waals surface area contributed by atoms with Gasteiger partial charge in [0, 0.05) is 11.3 Å². The monoisotopic (exact) mass is 364 g/mol. The van der Waals surface area contributed by atoms with Gasteiger partial charge in [0.15, 0.2) is 0 Å². The highest BCUT2D eigenvalue weighted by molar-refractivity contribution is 6.33. The summed E-state index contributed by atoms with van der Waals surface area (Å²) in [6.45, 7) is 0. The smallest absolute Gasteiger partial charge is 0.255 e. The Balaban J connectivity index is 1.60. The lowest BCUT2D eigenvalue weighted by Gasteiger charge is -2.09. The van der Waals surface area contributed by atoms with Gasteiger partial charge in [0.1, 0.15) is 0 Å². The summed E-state index contributed by atoms with van der Waals surface area (Å²) in [5.74, 6) is -0.371. The molecule has 4 nitrogen and oxygen atoms in total. The van der Waals surface area contributed by atoms with Crippen molar-refractivity contribution in [2.45, 2.75) is 6.42 Å². The highest BCUT2D eigenvalue weighted by Crippen LogP contribution is 2.21. The van der Waals surface area contributed by atoms with Gasteiger partial charge in [-0.05, 0) is 42.0 Å². The van der Waals surface area contributed by atoms with Crippen LogP contribution in [0.5, 0.6) is 0 Å². The van der Waals surface area contributed by atoms with Crippen LogP contribution in [-0.4, -0.2) is 11.8 Å². The Labute approximate surface area is 156 Å². The van der Waals surface area contributed by atoms with Gasteiger partial charge in [0.05, 0.1) is 17.1 Å². The van der Waals surface area contributed by atoms with Gasteiger partial charge in [-0.1, -0.05) is 54.1 Å². The van der Waals surface area contributed by atoms with Crippen LogP contribution in [0.4, 0.5) is 11.4 Å². The van der Waals surface area contributed by atoms with E-state index >= 15 is 0 Å². The predicted octanol–water partition coefficient (Wildman–Crippen LogP) is 4.77. The van der Waals surface area contributed by atoms with E-state index in [1.165, 1.54) is 0 Å². The lowest BCUT2D eigenvalue weighted by atomic mass is 10.1. The molecule has 130 valence electrons. The zero-order valence-electron chi connectivity index (χ0n) is 13.9. The van der Waals surface area contributed by atoms with Gasteiger partial charge in [-0.3, -0.25) is 9.59 Å². The van der Waals surface area contributed by atoms with Crippen molar-refractivity contribution in [2.24, 2.45) is 0 Å². The van der Waals surface area contributed by atoms with Gasteiger partial charge in [-0.25, -0.2) is 0 Å². The number of amides is 2. The summed E-state index contributed by atoms with van der Waals surface area (Å²) >= 11 is 6.04. The first-order valence-corrected chi connectivity index (χ1v) is 8.49. The Morgan fingerprint density at radius 1 is 0.769 bits per heavy atom. The third-order valence-corrected chi connectivity index (χ3v) is 4.09.